The van der Waals surface area contributed by atoms with Crippen molar-refractivity contribution in [2.24, 2.45) is 0 Å². The molecular formula is C10H10BrF3N4. The van der Waals surface area contributed by atoms with E-state index in [0.717, 1.165) is 4.47 Å². The van der Waals surface area contributed by atoms with Gasteiger partial charge >= 0.3 is 6.18 Å². The summed E-state index contributed by atoms with van der Waals surface area (Å²) in [5, 5.41) is 6.67. The fraction of sp³-hybridized carbons (Fsp3) is 0.400. The number of alkyl halides is 3. The van der Waals surface area contributed by atoms with Gasteiger partial charge in [-0.25, -0.2) is 4.52 Å². The lowest BCUT2D eigenvalue weighted by Gasteiger charge is -2.13. The average Bonchev–Trinajstić information content (AvgIpc) is 2.58. The Labute approximate surface area is 109 Å². The van der Waals surface area contributed by atoms with Crippen molar-refractivity contribution < 1.29 is 13.2 Å². The van der Waals surface area contributed by atoms with Crippen molar-refractivity contribution in [2.75, 3.05) is 5.32 Å². The van der Waals surface area contributed by atoms with Crippen molar-refractivity contribution in [3.63, 3.8) is 0 Å². The second-order valence-electron chi connectivity index (χ2n) is 3.92. The minimum Gasteiger partial charge on any atom is -0.350 e. The van der Waals surface area contributed by atoms with Crippen LogP contribution in [0.2, 0.25) is 0 Å². The quantitative estimate of drug-likeness (QED) is 0.943. The molecule has 0 saturated carbocycles. The molecule has 2 heterocycles. The Kier molecular flexibility index (Phi) is 3.47. The Morgan fingerprint density at radius 1 is 1.50 bits per heavy atom. The molecule has 0 fully saturated rings. The Bertz CT molecular complexity index is 552. The highest BCUT2D eigenvalue weighted by Crippen LogP contribution is 2.23. The van der Waals surface area contributed by atoms with Gasteiger partial charge in [-0.3, -0.25) is 0 Å². The van der Waals surface area contributed by atoms with Gasteiger partial charge in [0.1, 0.15) is 0 Å². The lowest BCUT2D eigenvalue weighted by atomic mass is 10.2. The van der Waals surface area contributed by atoms with E-state index in [1.54, 1.807) is 18.3 Å². The van der Waals surface area contributed by atoms with E-state index in [2.05, 4.69) is 31.3 Å². The van der Waals surface area contributed by atoms with Crippen molar-refractivity contribution in [1.29, 1.82) is 0 Å². The molecule has 4 nitrogen and oxygen atoms in total. The molecule has 0 saturated heterocycles. The first-order chi connectivity index (χ1) is 8.35. The van der Waals surface area contributed by atoms with Gasteiger partial charge in [-0.15, -0.1) is 5.10 Å². The van der Waals surface area contributed by atoms with Crippen LogP contribution in [0.25, 0.3) is 5.65 Å². The third kappa shape index (κ3) is 3.12. The van der Waals surface area contributed by atoms with Gasteiger partial charge in [0.25, 0.3) is 0 Å². The van der Waals surface area contributed by atoms with Crippen LogP contribution in [0.1, 0.15) is 13.3 Å². The molecule has 2 aromatic rings. The van der Waals surface area contributed by atoms with Gasteiger partial charge in [-0.05, 0) is 35.0 Å². The third-order valence-electron chi connectivity index (χ3n) is 2.23. The molecule has 0 aliphatic carbocycles. The summed E-state index contributed by atoms with van der Waals surface area (Å²) in [6.07, 6.45) is -3.46. The molecule has 1 atom stereocenters. The lowest BCUT2D eigenvalue weighted by molar-refractivity contribution is -0.136. The summed E-state index contributed by atoms with van der Waals surface area (Å²) >= 11 is 3.29. The molecule has 0 aromatic carbocycles. The van der Waals surface area contributed by atoms with Gasteiger partial charge in [0.05, 0.1) is 10.9 Å². The van der Waals surface area contributed by atoms with Crippen molar-refractivity contribution in [1.82, 2.24) is 14.6 Å². The van der Waals surface area contributed by atoms with E-state index in [9.17, 15) is 13.2 Å². The molecule has 8 heteroatoms. The maximum atomic E-state index is 12.2. The van der Waals surface area contributed by atoms with Gasteiger partial charge in [-0.1, -0.05) is 0 Å². The molecule has 2 rings (SSSR count). The fourth-order valence-corrected chi connectivity index (χ4v) is 1.98. The molecule has 0 bridgehead atoms. The van der Waals surface area contributed by atoms with Crippen LogP contribution >= 0.6 is 15.9 Å². The van der Waals surface area contributed by atoms with Crippen molar-refractivity contribution >= 4 is 27.5 Å². The minimum absolute atomic E-state index is 0.179. The molecule has 0 aliphatic heterocycles. The maximum absolute atomic E-state index is 12.2. The minimum atomic E-state index is -4.20. The van der Waals surface area contributed by atoms with Crippen LogP contribution in [-0.2, 0) is 0 Å². The highest BCUT2D eigenvalue weighted by molar-refractivity contribution is 9.10. The summed E-state index contributed by atoms with van der Waals surface area (Å²) in [5.41, 5.74) is 0.555. The molecule has 2 aromatic heterocycles. The van der Waals surface area contributed by atoms with Gasteiger partial charge in [0.15, 0.2) is 5.65 Å². The summed E-state index contributed by atoms with van der Waals surface area (Å²) in [5.74, 6) is 0.179. The molecule has 0 aliphatic rings. The number of rotatable bonds is 3. The van der Waals surface area contributed by atoms with E-state index in [-0.39, 0.29) is 5.95 Å². The highest BCUT2D eigenvalue weighted by atomic mass is 79.9. The smallest absolute Gasteiger partial charge is 0.350 e. The number of hydrogen-bond donors (Lipinski definition) is 1. The monoisotopic (exact) mass is 322 g/mol. The summed E-state index contributed by atoms with van der Waals surface area (Å²) in [4.78, 5) is 4.11. The zero-order chi connectivity index (χ0) is 13.3. The number of anilines is 1. The predicted molar refractivity (Wildman–Crippen MR) is 64.4 cm³/mol. The first kappa shape index (κ1) is 13.1. The highest BCUT2D eigenvalue weighted by Gasteiger charge is 2.30. The van der Waals surface area contributed by atoms with Gasteiger partial charge in [0, 0.05) is 12.2 Å². The largest absolute Gasteiger partial charge is 0.391 e. The molecule has 1 unspecified atom stereocenters. The fourth-order valence-electron chi connectivity index (χ4n) is 1.55. The molecule has 0 radical (unpaired) electrons. The van der Waals surface area contributed by atoms with E-state index in [4.69, 9.17) is 0 Å². The zero-order valence-corrected chi connectivity index (χ0v) is 11.0. The van der Waals surface area contributed by atoms with Crippen molar-refractivity contribution in [3.8, 4) is 0 Å². The van der Waals surface area contributed by atoms with E-state index in [1.807, 2.05) is 0 Å². The Balaban J connectivity index is 2.15. The molecular weight excluding hydrogens is 313 g/mol. The van der Waals surface area contributed by atoms with Gasteiger partial charge in [-0.2, -0.15) is 18.2 Å². The standard InChI is InChI=1S/C10H10BrF3N4/c1-6(5-10(12,13)14)15-9-16-8-7(11)3-2-4-18(8)17-9/h2-4,6H,5H2,1H3,(H,15,17). The maximum Gasteiger partial charge on any atom is 0.391 e. The zero-order valence-electron chi connectivity index (χ0n) is 9.37. The normalized spacial score (nSPS) is 13.8. The average molecular weight is 323 g/mol. The van der Waals surface area contributed by atoms with E-state index in [0.29, 0.717) is 5.65 Å². The Morgan fingerprint density at radius 3 is 2.83 bits per heavy atom. The number of aromatic nitrogens is 3. The van der Waals surface area contributed by atoms with Crippen LogP contribution in [0.4, 0.5) is 19.1 Å². The Hall–Kier alpha value is -1.31. The van der Waals surface area contributed by atoms with Crippen LogP contribution in [0, 0.1) is 0 Å². The van der Waals surface area contributed by atoms with Crippen LogP contribution in [0.3, 0.4) is 0 Å². The number of pyridine rings is 1. The second-order valence-corrected chi connectivity index (χ2v) is 4.78. The van der Waals surface area contributed by atoms with E-state index < -0.39 is 18.6 Å². The van der Waals surface area contributed by atoms with Crippen molar-refractivity contribution in [3.05, 3.63) is 22.8 Å². The van der Waals surface area contributed by atoms with Crippen LogP contribution in [0.5, 0.6) is 0 Å². The number of halogens is 4. The molecule has 18 heavy (non-hydrogen) atoms. The van der Waals surface area contributed by atoms with E-state index in [1.165, 1.54) is 11.4 Å². The molecule has 98 valence electrons. The molecule has 0 spiro atoms. The molecule has 1 N–H and O–H groups in total. The number of nitrogens with one attached hydrogen (secondary N) is 1. The van der Waals surface area contributed by atoms with Gasteiger partial charge in [0.2, 0.25) is 5.95 Å². The first-order valence-electron chi connectivity index (χ1n) is 5.19. The van der Waals surface area contributed by atoms with Crippen molar-refractivity contribution in [2.45, 2.75) is 25.6 Å². The van der Waals surface area contributed by atoms with Crippen LogP contribution in [0.15, 0.2) is 22.8 Å². The van der Waals surface area contributed by atoms with Crippen LogP contribution < -0.4 is 5.32 Å². The predicted octanol–water partition coefficient (Wildman–Crippen LogP) is 3.24. The first-order valence-corrected chi connectivity index (χ1v) is 5.98. The summed E-state index contributed by atoms with van der Waals surface area (Å²) in [7, 11) is 0. The summed E-state index contributed by atoms with van der Waals surface area (Å²) < 4.78 is 38.8. The summed E-state index contributed by atoms with van der Waals surface area (Å²) in [6, 6.07) is 2.77. The second kappa shape index (κ2) is 4.75. The number of fused-ring (bicyclic) bond motifs is 1. The number of nitrogens with zero attached hydrogens (tertiary/aromatic N) is 3. The number of hydrogen-bond acceptors (Lipinski definition) is 3. The van der Waals surface area contributed by atoms with Crippen LogP contribution in [-0.4, -0.2) is 26.8 Å². The Morgan fingerprint density at radius 2 is 2.22 bits per heavy atom. The SMILES string of the molecule is CC(CC(F)(F)F)Nc1nc2c(Br)cccn2n1. The topological polar surface area (TPSA) is 42.2 Å². The lowest BCUT2D eigenvalue weighted by Crippen LogP contribution is -2.24. The van der Waals surface area contributed by atoms with Gasteiger partial charge < -0.3 is 5.32 Å². The summed E-state index contributed by atoms with van der Waals surface area (Å²) in [6.45, 7) is 1.44. The third-order valence-corrected chi connectivity index (χ3v) is 2.85. The molecule has 0 amide bonds. The van der Waals surface area contributed by atoms with E-state index >= 15 is 0 Å².